The fourth-order valence-electron chi connectivity index (χ4n) is 1.83. The highest BCUT2D eigenvalue weighted by Crippen LogP contribution is 2.03. The van der Waals surface area contributed by atoms with Gasteiger partial charge in [0.2, 0.25) is 0 Å². The molecule has 1 aliphatic rings. The predicted molar refractivity (Wildman–Crippen MR) is 76.2 cm³/mol. The van der Waals surface area contributed by atoms with Crippen molar-refractivity contribution in [3.63, 3.8) is 0 Å². The Morgan fingerprint density at radius 2 is 2.16 bits per heavy atom. The molecule has 0 radical (unpaired) electrons. The highest BCUT2D eigenvalue weighted by molar-refractivity contribution is 5.84. The van der Waals surface area contributed by atoms with E-state index in [2.05, 4.69) is 21.4 Å². The number of benzene rings is 1. The quantitative estimate of drug-likeness (QED) is 0.559. The molecule has 5 nitrogen and oxygen atoms in total. The van der Waals surface area contributed by atoms with Gasteiger partial charge in [-0.2, -0.15) is 5.10 Å². The Hall–Kier alpha value is -1.98. The normalized spacial score (nSPS) is 23.2. The van der Waals surface area contributed by atoms with Gasteiger partial charge in [-0.15, -0.1) is 0 Å². The molecule has 0 aliphatic carbocycles. The van der Waals surface area contributed by atoms with Gasteiger partial charge in [0.05, 0.1) is 0 Å². The minimum absolute atomic E-state index is 0.124. The molecule has 1 heterocycles. The number of carbonyl (C=O) groups is 1. The third-order valence-corrected chi connectivity index (χ3v) is 2.83. The zero-order chi connectivity index (χ0) is 13.5. The molecule has 5 heteroatoms. The molecule has 2 unspecified atom stereocenters. The third kappa shape index (κ3) is 4.31. The Bertz CT molecular complexity index is 470. The number of rotatable bonds is 4. The van der Waals surface area contributed by atoms with Gasteiger partial charge >= 0.3 is 0 Å². The maximum absolute atomic E-state index is 11.7. The number of hydrazine groups is 1. The maximum atomic E-state index is 11.7. The zero-order valence-electron chi connectivity index (χ0n) is 10.8. The zero-order valence-corrected chi connectivity index (χ0v) is 10.8. The largest absolute Gasteiger partial charge is 0.271 e. The molecule has 2 rings (SSSR count). The van der Waals surface area contributed by atoms with Crippen LogP contribution in [0.15, 0.2) is 41.5 Å². The van der Waals surface area contributed by atoms with E-state index in [-0.39, 0.29) is 11.9 Å². The van der Waals surface area contributed by atoms with Crippen molar-refractivity contribution >= 4 is 18.2 Å². The van der Waals surface area contributed by atoms with E-state index in [1.807, 2.05) is 43.3 Å². The molecule has 19 heavy (non-hydrogen) atoms. The van der Waals surface area contributed by atoms with Crippen molar-refractivity contribution in [3.8, 4) is 0 Å². The van der Waals surface area contributed by atoms with Gasteiger partial charge in [0, 0.05) is 12.3 Å². The van der Waals surface area contributed by atoms with Gasteiger partial charge < -0.3 is 0 Å². The Balaban J connectivity index is 1.74. The summed E-state index contributed by atoms with van der Waals surface area (Å²) in [5.74, 6) is -0.124. The Morgan fingerprint density at radius 3 is 2.84 bits per heavy atom. The molecule has 0 spiro atoms. The molecule has 1 fully saturated rings. The van der Waals surface area contributed by atoms with Crippen molar-refractivity contribution in [1.29, 1.82) is 0 Å². The van der Waals surface area contributed by atoms with Gasteiger partial charge in [-0.25, -0.2) is 10.9 Å². The van der Waals surface area contributed by atoms with Crippen LogP contribution in [0.25, 0.3) is 6.08 Å². The number of allylic oxidation sites excluding steroid dienone is 1. The second-order valence-electron chi connectivity index (χ2n) is 4.50. The van der Waals surface area contributed by atoms with Crippen molar-refractivity contribution < 1.29 is 4.79 Å². The maximum Gasteiger partial charge on any atom is 0.258 e. The van der Waals surface area contributed by atoms with Crippen molar-refractivity contribution in [1.82, 2.24) is 16.3 Å². The number of hydrogen-bond acceptors (Lipinski definition) is 4. The fourth-order valence-corrected chi connectivity index (χ4v) is 1.83. The number of carbonyl (C=O) groups excluding carboxylic acids is 1. The smallest absolute Gasteiger partial charge is 0.258 e. The van der Waals surface area contributed by atoms with Gasteiger partial charge in [-0.05, 0) is 25.0 Å². The molecule has 1 aromatic carbocycles. The summed E-state index contributed by atoms with van der Waals surface area (Å²) in [6.07, 6.45) is 6.05. The molecule has 0 saturated carbocycles. The molecule has 1 amide bonds. The van der Waals surface area contributed by atoms with Crippen molar-refractivity contribution in [3.05, 3.63) is 42.0 Å². The summed E-state index contributed by atoms with van der Waals surface area (Å²) in [6.45, 7) is 2.02. The standard InChI is InChI=1S/C14H18N4O/c1-11-10-13(17-16-11)14(19)18-15-9-5-8-12-6-3-2-4-7-12/h2-9,11,13,16-17H,10H2,1H3,(H,18,19)/b8-5+,15-9+. The van der Waals surface area contributed by atoms with E-state index >= 15 is 0 Å². The minimum atomic E-state index is -0.217. The summed E-state index contributed by atoms with van der Waals surface area (Å²) in [6, 6.07) is 9.99. The van der Waals surface area contributed by atoms with E-state index in [1.165, 1.54) is 0 Å². The number of hydrogen-bond donors (Lipinski definition) is 3. The van der Waals surface area contributed by atoms with Crippen LogP contribution in [0.4, 0.5) is 0 Å². The van der Waals surface area contributed by atoms with E-state index < -0.39 is 0 Å². The SMILES string of the molecule is CC1CC(C(=O)N/N=C/C=C/c2ccccc2)NN1. The van der Waals surface area contributed by atoms with Crippen LogP contribution in [0.2, 0.25) is 0 Å². The molecule has 0 bridgehead atoms. The summed E-state index contributed by atoms with van der Waals surface area (Å²) >= 11 is 0. The molecule has 1 aromatic rings. The van der Waals surface area contributed by atoms with Gasteiger partial charge in [0.1, 0.15) is 6.04 Å². The first kappa shape index (κ1) is 13.5. The molecule has 0 aromatic heterocycles. The second kappa shape index (κ2) is 6.82. The van der Waals surface area contributed by atoms with Crippen LogP contribution in [0.1, 0.15) is 18.9 Å². The summed E-state index contributed by atoms with van der Waals surface area (Å²) in [5, 5.41) is 3.88. The fraction of sp³-hybridized carbons (Fsp3) is 0.286. The van der Waals surface area contributed by atoms with Crippen molar-refractivity contribution in [2.24, 2.45) is 5.10 Å². The monoisotopic (exact) mass is 258 g/mol. The first-order valence-electron chi connectivity index (χ1n) is 6.31. The highest BCUT2D eigenvalue weighted by Gasteiger charge is 2.26. The van der Waals surface area contributed by atoms with Crippen LogP contribution in [-0.4, -0.2) is 24.2 Å². The number of amides is 1. The second-order valence-corrected chi connectivity index (χ2v) is 4.50. The van der Waals surface area contributed by atoms with E-state index in [0.29, 0.717) is 6.04 Å². The molecular weight excluding hydrogens is 240 g/mol. The molecule has 2 atom stereocenters. The van der Waals surface area contributed by atoms with Crippen LogP contribution < -0.4 is 16.3 Å². The Morgan fingerprint density at radius 1 is 1.37 bits per heavy atom. The molecule has 1 saturated heterocycles. The van der Waals surface area contributed by atoms with Crippen molar-refractivity contribution in [2.45, 2.75) is 25.4 Å². The van der Waals surface area contributed by atoms with Gasteiger partial charge in [-0.3, -0.25) is 10.2 Å². The van der Waals surface area contributed by atoms with Gasteiger partial charge in [0.25, 0.3) is 5.91 Å². The van der Waals surface area contributed by atoms with Gasteiger partial charge in [0.15, 0.2) is 0 Å². The topological polar surface area (TPSA) is 65.5 Å². The van der Waals surface area contributed by atoms with E-state index in [9.17, 15) is 4.79 Å². The van der Waals surface area contributed by atoms with E-state index in [0.717, 1.165) is 12.0 Å². The molecule has 3 N–H and O–H groups in total. The van der Waals surface area contributed by atoms with E-state index in [1.54, 1.807) is 12.3 Å². The summed E-state index contributed by atoms with van der Waals surface area (Å²) < 4.78 is 0. The minimum Gasteiger partial charge on any atom is -0.271 e. The Labute approximate surface area is 112 Å². The number of nitrogens with one attached hydrogen (secondary N) is 3. The lowest BCUT2D eigenvalue weighted by Crippen LogP contribution is -2.41. The highest BCUT2D eigenvalue weighted by atomic mass is 16.2. The average molecular weight is 258 g/mol. The van der Waals surface area contributed by atoms with Crippen LogP contribution in [0, 0.1) is 0 Å². The van der Waals surface area contributed by atoms with Crippen molar-refractivity contribution in [2.75, 3.05) is 0 Å². The average Bonchev–Trinajstić information content (AvgIpc) is 2.86. The van der Waals surface area contributed by atoms with Crippen LogP contribution in [0.5, 0.6) is 0 Å². The number of hydrazone groups is 1. The first-order chi connectivity index (χ1) is 9.25. The molecular formula is C14H18N4O. The summed E-state index contributed by atoms with van der Waals surface area (Å²) in [4.78, 5) is 11.7. The number of nitrogens with zero attached hydrogens (tertiary/aromatic N) is 1. The third-order valence-electron chi connectivity index (χ3n) is 2.83. The molecule has 1 aliphatic heterocycles. The predicted octanol–water partition coefficient (Wildman–Crippen LogP) is 1.06. The lowest BCUT2D eigenvalue weighted by atomic mass is 10.1. The first-order valence-corrected chi connectivity index (χ1v) is 6.31. The van der Waals surface area contributed by atoms with Crippen LogP contribution >= 0.6 is 0 Å². The lowest BCUT2D eigenvalue weighted by molar-refractivity contribution is -0.122. The van der Waals surface area contributed by atoms with E-state index in [4.69, 9.17) is 0 Å². The molecule has 100 valence electrons. The summed E-state index contributed by atoms with van der Waals surface area (Å²) in [5.41, 5.74) is 9.52. The Kier molecular flexibility index (Phi) is 4.83. The lowest BCUT2D eigenvalue weighted by Gasteiger charge is -2.05. The van der Waals surface area contributed by atoms with Crippen LogP contribution in [-0.2, 0) is 4.79 Å². The summed E-state index contributed by atoms with van der Waals surface area (Å²) in [7, 11) is 0. The van der Waals surface area contributed by atoms with Crippen LogP contribution in [0.3, 0.4) is 0 Å². The van der Waals surface area contributed by atoms with Gasteiger partial charge in [-0.1, -0.05) is 36.4 Å².